The van der Waals surface area contributed by atoms with Gasteiger partial charge in [0, 0.05) is 24.1 Å². The fourth-order valence-electron chi connectivity index (χ4n) is 2.97. The molecule has 0 bridgehead atoms. The zero-order chi connectivity index (χ0) is 17.2. The van der Waals surface area contributed by atoms with Gasteiger partial charge >= 0.3 is 0 Å². The molecule has 2 aliphatic heterocycles. The van der Waals surface area contributed by atoms with Gasteiger partial charge in [0.05, 0.1) is 6.61 Å². The number of amides is 1. The van der Waals surface area contributed by atoms with Crippen molar-refractivity contribution in [3.63, 3.8) is 0 Å². The molecule has 4 rings (SSSR count). The second kappa shape index (κ2) is 6.55. The number of hydrogen-bond donors (Lipinski definition) is 1. The number of benzene rings is 2. The number of rotatable bonds is 5. The van der Waals surface area contributed by atoms with E-state index in [2.05, 4.69) is 5.32 Å². The standard InChI is InChI=1S/C19H19NO5/c1-12(25-14-6-7-17-18(8-14)24-11-23-17)19(21)20-9-13-10-22-16-5-3-2-4-15(13)16/h2-8,12-13H,9-11H2,1H3,(H,20,21)/t12-,13-/m1/s1. The lowest BCUT2D eigenvalue weighted by Gasteiger charge is -2.16. The molecule has 0 aromatic heterocycles. The van der Waals surface area contributed by atoms with E-state index in [1.165, 1.54) is 0 Å². The summed E-state index contributed by atoms with van der Waals surface area (Å²) < 4.78 is 21.9. The predicted octanol–water partition coefficient (Wildman–Crippen LogP) is 2.48. The number of fused-ring (bicyclic) bond motifs is 2. The zero-order valence-electron chi connectivity index (χ0n) is 13.9. The monoisotopic (exact) mass is 341 g/mol. The van der Waals surface area contributed by atoms with Gasteiger partial charge in [-0.1, -0.05) is 18.2 Å². The van der Waals surface area contributed by atoms with E-state index in [4.69, 9.17) is 18.9 Å². The van der Waals surface area contributed by atoms with Gasteiger partial charge < -0.3 is 24.3 Å². The summed E-state index contributed by atoms with van der Waals surface area (Å²) in [7, 11) is 0. The summed E-state index contributed by atoms with van der Waals surface area (Å²) in [5.41, 5.74) is 1.13. The summed E-state index contributed by atoms with van der Waals surface area (Å²) in [5.74, 6) is 2.78. The summed E-state index contributed by atoms with van der Waals surface area (Å²) in [4.78, 5) is 12.3. The molecule has 2 atom stereocenters. The average Bonchev–Trinajstić information content (AvgIpc) is 3.26. The van der Waals surface area contributed by atoms with Gasteiger partial charge in [-0.05, 0) is 25.1 Å². The Morgan fingerprint density at radius 3 is 2.92 bits per heavy atom. The molecule has 6 heteroatoms. The highest BCUT2D eigenvalue weighted by atomic mass is 16.7. The highest BCUT2D eigenvalue weighted by Gasteiger charge is 2.25. The van der Waals surface area contributed by atoms with E-state index in [0.717, 1.165) is 11.3 Å². The van der Waals surface area contributed by atoms with Gasteiger partial charge in [0.25, 0.3) is 5.91 Å². The highest BCUT2D eigenvalue weighted by Crippen LogP contribution is 2.35. The van der Waals surface area contributed by atoms with Crippen molar-refractivity contribution >= 4 is 5.91 Å². The van der Waals surface area contributed by atoms with Crippen molar-refractivity contribution in [3.05, 3.63) is 48.0 Å². The van der Waals surface area contributed by atoms with Crippen LogP contribution in [0.15, 0.2) is 42.5 Å². The van der Waals surface area contributed by atoms with Crippen LogP contribution in [-0.2, 0) is 4.79 Å². The number of carbonyl (C=O) groups excluding carboxylic acids is 1. The van der Waals surface area contributed by atoms with E-state index >= 15 is 0 Å². The van der Waals surface area contributed by atoms with Crippen LogP contribution < -0.4 is 24.3 Å². The van der Waals surface area contributed by atoms with Crippen LogP contribution in [0.25, 0.3) is 0 Å². The lowest BCUT2D eigenvalue weighted by Crippen LogP contribution is -2.38. The number of ether oxygens (including phenoxy) is 4. The minimum atomic E-state index is -0.613. The van der Waals surface area contributed by atoms with Gasteiger partial charge in [-0.15, -0.1) is 0 Å². The minimum Gasteiger partial charge on any atom is -0.493 e. The molecule has 25 heavy (non-hydrogen) atoms. The Kier molecular flexibility index (Phi) is 4.09. The van der Waals surface area contributed by atoms with Gasteiger partial charge in [-0.2, -0.15) is 0 Å². The molecular weight excluding hydrogens is 322 g/mol. The molecule has 1 N–H and O–H groups in total. The van der Waals surface area contributed by atoms with E-state index in [1.807, 2.05) is 24.3 Å². The second-order valence-electron chi connectivity index (χ2n) is 6.07. The normalized spacial score (nSPS) is 18.2. The van der Waals surface area contributed by atoms with Crippen molar-refractivity contribution in [3.8, 4) is 23.0 Å². The second-order valence-corrected chi connectivity index (χ2v) is 6.07. The van der Waals surface area contributed by atoms with E-state index in [0.29, 0.717) is 30.4 Å². The molecule has 0 saturated carbocycles. The van der Waals surface area contributed by atoms with Crippen molar-refractivity contribution in [1.82, 2.24) is 5.32 Å². The molecule has 0 saturated heterocycles. The van der Waals surface area contributed by atoms with Crippen molar-refractivity contribution in [1.29, 1.82) is 0 Å². The molecule has 2 aliphatic rings. The summed E-state index contributed by atoms with van der Waals surface area (Å²) in [6, 6.07) is 13.2. The first kappa shape index (κ1) is 15.6. The largest absolute Gasteiger partial charge is 0.493 e. The zero-order valence-corrected chi connectivity index (χ0v) is 13.9. The lowest BCUT2D eigenvalue weighted by molar-refractivity contribution is -0.127. The number of carbonyl (C=O) groups is 1. The third kappa shape index (κ3) is 3.20. The van der Waals surface area contributed by atoms with E-state index in [1.54, 1.807) is 25.1 Å². The van der Waals surface area contributed by atoms with Gasteiger partial charge in [-0.3, -0.25) is 4.79 Å². The highest BCUT2D eigenvalue weighted by molar-refractivity contribution is 5.80. The van der Waals surface area contributed by atoms with Gasteiger partial charge in [-0.25, -0.2) is 0 Å². The first-order chi connectivity index (χ1) is 12.2. The smallest absolute Gasteiger partial charge is 0.260 e. The molecule has 0 unspecified atom stereocenters. The van der Waals surface area contributed by atoms with Crippen LogP contribution in [0, 0.1) is 0 Å². The third-order valence-corrected chi connectivity index (χ3v) is 4.35. The molecule has 2 aromatic rings. The summed E-state index contributed by atoms with van der Waals surface area (Å²) in [6.07, 6.45) is -0.613. The summed E-state index contributed by atoms with van der Waals surface area (Å²) >= 11 is 0. The predicted molar refractivity (Wildman–Crippen MR) is 90.3 cm³/mol. The van der Waals surface area contributed by atoms with Gasteiger partial charge in [0.2, 0.25) is 6.79 Å². The number of nitrogens with one attached hydrogen (secondary N) is 1. The Morgan fingerprint density at radius 1 is 1.16 bits per heavy atom. The van der Waals surface area contributed by atoms with Crippen LogP contribution in [0.1, 0.15) is 18.4 Å². The molecule has 1 amide bonds. The van der Waals surface area contributed by atoms with Crippen molar-refractivity contribution in [2.75, 3.05) is 19.9 Å². The molecule has 0 fully saturated rings. The number of para-hydroxylation sites is 1. The fourth-order valence-corrected chi connectivity index (χ4v) is 2.97. The Bertz CT molecular complexity index is 791. The molecule has 2 heterocycles. The lowest BCUT2D eigenvalue weighted by atomic mass is 10.0. The van der Waals surface area contributed by atoms with Gasteiger partial charge in [0.15, 0.2) is 17.6 Å². The van der Waals surface area contributed by atoms with Crippen molar-refractivity contribution in [2.24, 2.45) is 0 Å². The topological polar surface area (TPSA) is 66.0 Å². The number of hydrogen-bond acceptors (Lipinski definition) is 5. The first-order valence-corrected chi connectivity index (χ1v) is 8.26. The third-order valence-electron chi connectivity index (χ3n) is 4.35. The summed E-state index contributed by atoms with van der Waals surface area (Å²) in [6.45, 7) is 3.03. The van der Waals surface area contributed by atoms with E-state index < -0.39 is 6.10 Å². The van der Waals surface area contributed by atoms with Crippen LogP contribution in [0.5, 0.6) is 23.0 Å². The fraction of sp³-hybridized carbons (Fsp3) is 0.316. The molecule has 130 valence electrons. The van der Waals surface area contributed by atoms with E-state index in [-0.39, 0.29) is 18.6 Å². The maximum Gasteiger partial charge on any atom is 0.260 e. The quantitative estimate of drug-likeness (QED) is 0.905. The molecular formula is C19H19NO5. The Balaban J connectivity index is 1.32. The van der Waals surface area contributed by atoms with Crippen molar-refractivity contribution in [2.45, 2.75) is 18.9 Å². The molecule has 0 spiro atoms. The minimum absolute atomic E-state index is 0.165. The van der Waals surface area contributed by atoms with Gasteiger partial charge in [0.1, 0.15) is 11.5 Å². The van der Waals surface area contributed by atoms with E-state index in [9.17, 15) is 4.79 Å². The average molecular weight is 341 g/mol. The SMILES string of the molecule is C[C@@H](Oc1ccc2c(c1)OCO2)C(=O)NC[C@@H]1COc2ccccc21. The van der Waals surface area contributed by atoms with Crippen LogP contribution in [-0.4, -0.2) is 32.0 Å². The van der Waals surface area contributed by atoms with Crippen LogP contribution in [0.4, 0.5) is 0 Å². The Morgan fingerprint density at radius 2 is 2.00 bits per heavy atom. The Hall–Kier alpha value is -2.89. The van der Waals surface area contributed by atoms with Crippen LogP contribution in [0.2, 0.25) is 0 Å². The molecule has 0 aliphatic carbocycles. The maximum absolute atomic E-state index is 12.3. The molecule has 6 nitrogen and oxygen atoms in total. The van der Waals surface area contributed by atoms with Crippen LogP contribution in [0.3, 0.4) is 0 Å². The Labute approximate surface area is 145 Å². The van der Waals surface area contributed by atoms with Crippen LogP contribution >= 0.6 is 0 Å². The molecule has 0 radical (unpaired) electrons. The molecule has 2 aromatic carbocycles. The first-order valence-electron chi connectivity index (χ1n) is 8.26. The summed E-state index contributed by atoms with van der Waals surface area (Å²) in [5, 5.41) is 2.94. The maximum atomic E-state index is 12.3. The van der Waals surface area contributed by atoms with Crippen molar-refractivity contribution < 1.29 is 23.7 Å².